The molecule has 5 heteroatoms. The van der Waals surface area contributed by atoms with Crippen molar-refractivity contribution in [3.8, 4) is 5.75 Å². The van der Waals surface area contributed by atoms with E-state index in [-0.39, 0.29) is 0 Å². The number of benzene rings is 3. The molecule has 1 heterocycles. The summed E-state index contributed by atoms with van der Waals surface area (Å²) in [5, 5.41) is 0. The molecular formula is C25H25NO3S. The monoisotopic (exact) mass is 419 g/mol. The van der Waals surface area contributed by atoms with Crippen molar-refractivity contribution >= 4 is 26.9 Å². The Bertz CT molecular complexity index is 1160. The molecule has 0 radical (unpaired) electrons. The number of rotatable bonds is 5. The molecule has 0 saturated heterocycles. The molecule has 1 N–H and O–H groups in total. The van der Waals surface area contributed by atoms with Gasteiger partial charge in [0.05, 0.1) is 6.26 Å². The lowest BCUT2D eigenvalue weighted by atomic mass is 9.85. The van der Waals surface area contributed by atoms with Gasteiger partial charge in [0, 0.05) is 11.3 Å². The predicted molar refractivity (Wildman–Crippen MR) is 123 cm³/mol. The average Bonchev–Trinajstić information content (AvgIpc) is 2.88. The van der Waals surface area contributed by atoms with Gasteiger partial charge in [0.15, 0.2) is 0 Å². The molecule has 0 saturated carbocycles. The SMILES string of the molecule is CCC/C(=C1\c2ccccc2COc2ccccc21)c1cccc(NS(C)(=O)=O)c1. The van der Waals surface area contributed by atoms with E-state index in [2.05, 4.69) is 35.9 Å². The van der Waals surface area contributed by atoms with Gasteiger partial charge in [-0.25, -0.2) is 8.42 Å². The molecule has 0 aromatic heterocycles. The minimum Gasteiger partial charge on any atom is -0.488 e. The molecule has 0 amide bonds. The lowest BCUT2D eigenvalue weighted by Gasteiger charge is -2.18. The van der Waals surface area contributed by atoms with E-state index in [0.29, 0.717) is 12.3 Å². The fraction of sp³-hybridized carbons (Fsp3) is 0.200. The Morgan fingerprint density at radius 1 is 0.967 bits per heavy atom. The molecule has 4 nitrogen and oxygen atoms in total. The predicted octanol–water partition coefficient (Wildman–Crippen LogP) is 5.71. The van der Waals surface area contributed by atoms with Crippen LogP contribution in [-0.2, 0) is 16.6 Å². The fourth-order valence-electron chi connectivity index (χ4n) is 3.96. The summed E-state index contributed by atoms with van der Waals surface area (Å²) in [6.07, 6.45) is 2.99. The molecule has 154 valence electrons. The van der Waals surface area contributed by atoms with Gasteiger partial charge in [-0.1, -0.05) is 67.9 Å². The summed E-state index contributed by atoms with van der Waals surface area (Å²) in [6, 6.07) is 24.1. The lowest BCUT2D eigenvalue weighted by molar-refractivity contribution is 0.307. The minimum absolute atomic E-state index is 0.520. The van der Waals surface area contributed by atoms with Crippen molar-refractivity contribution in [1.82, 2.24) is 0 Å². The first kappa shape index (κ1) is 20.2. The summed E-state index contributed by atoms with van der Waals surface area (Å²) in [4.78, 5) is 0. The van der Waals surface area contributed by atoms with Gasteiger partial charge in [-0.05, 0) is 52.5 Å². The molecule has 0 unspecified atom stereocenters. The van der Waals surface area contributed by atoms with E-state index in [1.165, 1.54) is 11.8 Å². The van der Waals surface area contributed by atoms with Crippen molar-refractivity contribution in [1.29, 1.82) is 0 Å². The topological polar surface area (TPSA) is 55.4 Å². The van der Waals surface area contributed by atoms with Crippen LogP contribution in [0.5, 0.6) is 5.75 Å². The van der Waals surface area contributed by atoms with Crippen molar-refractivity contribution in [3.63, 3.8) is 0 Å². The number of hydrogen-bond acceptors (Lipinski definition) is 3. The second-order valence-electron chi connectivity index (χ2n) is 7.50. The van der Waals surface area contributed by atoms with Gasteiger partial charge in [-0.15, -0.1) is 0 Å². The number of fused-ring (bicyclic) bond motifs is 2. The van der Waals surface area contributed by atoms with Crippen molar-refractivity contribution in [2.45, 2.75) is 26.4 Å². The van der Waals surface area contributed by atoms with E-state index in [4.69, 9.17) is 4.74 Å². The first-order valence-electron chi connectivity index (χ1n) is 10.1. The molecule has 30 heavy (non-hydrogen) atoms. The van der Waals surface area contributed by atoms with Gasteiger partial charge in [-0.2, -0.15) is 0 Å². The standard InChI is InChI=1S/C25H25NO3S/c1-3-9-21(18-11-8-12-20(16-18)26-30(2,27)28)25-22-13-5-4-10-19(22)17-29-24-15-7-6-14-23(24)25/h4-8,10-16,26H,3,9,17H2,1-2H3/b25-21-. The van der Waals surface area contributed by atoms with Crippen molar-refractivity contribution in [2.24, 2.45) is 0 Å². The molecule has 0 aliphatic carbocycles. The van der Waals surface area contributed by atoms with Crippen LogP contribution in [0.25, 0.3) is 11.1 Å². The summed E-state index contributed by atoms with van der Waals surface area (Å²) in [5.41, 5.74) is 7.27. The molecule has 0 bridgehead atoms. The van der Waals surface area contributed by atoms with Crippen LogP contribution in [0.3, 0.4) is 0 Å². The zero-order valence-corrected chi connectivity index (χ0v) is 18.0. The van der Waals surface area contributed by atoms with E-state index in [1.54, 1.807) is 6.07 Å². The molecule has 3 aromatic rings. The van der Waals surface area contributed by atoms with E-state index in [0.717, 1.165) is 46.4 Å². The van der Waals surface area contributed by atoms with Crippen LogP contribution >= 0.6 is 0 Å². The Balaban J connectivity index is 2.00. The highest BCUT2D eigenvalue weighted by molar-refractivity contribution is 7.92. The van der Waals surface area contributed by atoms with E-state index < -0.39 is 10.0 Å². The molecule has 1 aliphatic rings. The second kappa shape index (κ2) is 8.36. The number of para-hydroxylation sites is 1. The highest BCUT2D eigenvalue weighted by Gasteiger charge is 2.22. The zero-order valence-electron chi connectivity index (χ0n) is 17.2. The molecule has 4 rings (SSSR count). The van der Waals surface area contributed by atoms with Crippen LogP contribution in [0.2, 0.25) is 0 Å². The number of allylic oxidation sites excluding steroid dienone is 1. The van der Waals surface area contributed by atoms with E-state index in [9.17, 15) is 8.42 Å². The van der Waals surface area contributed by atoms with Gasteiger partial charge in [0.2, 0.25) is 10.0 Å². The Morgan fingerprint density at radius 2 is 1.70 bits per heavy atom. The van der Waals surface area contributed by atoms with Crippen LogP contribution in [0, 0.1) is 0 Å². The lowest BCUT2D eigenvalue weighted by Crippen LogP contribution is -2.09. The van der Waals surface area contributed by atoms with Crippen LogP contribution in [0.1, 0.15) is 42.0 Å². The van der Waals surface area contributed by atoms with Crippen LogP contribution in [0.4, 0.5) is 5.69 Å². The third kappa shape index (κ3) is 4.26. The van der Waals surface area contributed by atoms with Gasteiger partial charge in [-0.3, -0.25) is 4.72 Å². The van der Waals surface area contributed by atoms with Gasteiger partial charge in [0.1, 0.15) is 12.4 Å². The number of ether oxygens (including phenoxy) is 1. The molecule has 0 atom stereocenters. The van der Waals surface area contributed by atoms with Crippen LogP contribution in [-0.4, -0.2) is 14.7 Å². The number of sulfonamides is 1. The number of nitrogens with one attached hydrogen (secondary N) is 1. The summed E-state index contributed by atoms with van der Waals surface area (Å²) in [5.74, 6) is 0.864. The molecular weight excluding hydrogens is 394 g/mol. The normalized spacial score (nSPS) is 14.7. The molecule has 0 fully saturated rings. The summed E-state index contributed by atoms with van der Waals surface area (Å²) < 4.78 is 32.2. The largest absolute Gasteiger partial charge is 0.488 e. The average molecular weight is 420 g/mol. The maximum Gasteiger partial charge on any atom is 0.229 e. The first-order chi connectivity index (χ1) is 14.5. The highest BCUT2D eigenvalue weighted by Crippen LogP contribution is 2.42. The Morgan fingerprint density at radius 3 is 2.47 bits per heavy atom. The summed E-state index contributed by atoms with van der Waals surface area (Å²) in [6.45, 7) is 2.68. The van der Waals surface area contributed by atoms with Crippen LogP contribution < -0.4 is 9.46 Å². The molecule has 1 aliphatic heterocycles. The highest BCUT2D eigenvalue weighted by atomic mass is 32.2. The number of hydrogen-bond donors (Lipinski definition) is 1. The Labute approximate surface area is 178 Å². The smallest absolute Gasteiger partial charge is 0.229 e. The van der Waals surface area contributed by atoms with E-state index >= 15 is 0 Å². The number of anilines is 1. The third-order valence-corrected chi connectivity index (χ3v) is 5.75. The van der Waals surface area contributed by atoms with Crippen molar-refractivity contribution in [3.05, 3.63) is 95.1 Å². The van der Waals surface area contributed by atoms with Gasteiger partial charge < -0.3 is 4.74 Å². The minimum atomic E-state index is -3.35. The van der Waals surface area contributed by atoms with Crippen LogP contribution in [0.15, 0.2) is 72.8 Å². The first-order valence-corrected chi connectivity index (χ1v) is 12.0. The van der Waals surface area contributed by atoms with Gasteiger partial charge >= 0.3 is 0 Å². The maximum atomic E-state index is 11.7. The van der Waals surface area contributed by atoms with Crippen molar-refractivity contribution in [2.75, 3.05) is 11.0 Å². The zero-order chi connectivity index (χ0) is 21.1. The Kier molecular flexibility index (Phi) is 5.64. The van der Waals surface area contributed by atoms with Gasteiger partial charge in [0.25, 0.3) is 0 Å². The molecule has 3 aromatic carbocycles. The third-order valence-electron chi connectivity index (χ3n) is 5.14. The summed E-state index contributed by atoms with van der Waals surface area (Å²) in [7, 11) is -3.35. The fourth-order valence-corrected chi connectivity index (χ4v) is 4.52. The maximum absolute atomic E-state index is 11.7. The quantitative estimate of drug-likeness (QED) is 0.576. The Hall–Kier alpha value is -3.05. The second-order valence-corrected chi connectivity index (χ2v) is 9.25. The van der Waals surface area contributed by atoms with E-state index in [1.807, 2.05) is 42.5 Å². The van der Waals surface area contributed by atoms with Crippen molar-refractivity contribution < 1.29 is 13.2 Å². The summed E-state index contributed by atoms with van der Waals surface area (Å²) >= 11 is 0. The molecule has 0 spiro atoms.